The molecule has 0 aromatic carbocycles. The van der Waals surface area contributed by atoms with Crippen LogP contribution < -0.4 is 4.74 Å². The zero-order valence-corrected chi connectivity index (χ0v) is 8.11. The summed E-state index contributed by atoms with van der Waals surface area (Å²) in [5.41, 5.74) is -3.44. The molecule has 0 N–H and O–H groups in total. The normalized spacial score (nSPS) is 12.9. The van der Waals surface area contributed by atoms with E-state index in [0.29, 0.717) is 0 Å². The Morgan fingerprint density at radius 2 is 1.61 bits per heavy atom. The number of aromatic nitrogens is 1. The molecule has 0 radical (unpaired) electrons. The first-order valence-corrected chi connectivity index (χ1v) is 4.12. The lowest BCUT2D eigenvalue weighted by Crippen LogP contribution is -2.19. The lowest BCUT2D eigenvalue weighted by atomic mass is 10.1. The van der Waals surface area contributed by atoms with Crippen LogP contribution in [0.4, 0.5) is 35.1 Å². The molecule has 102 valence electrons. The van der Waals surface area contributed by atoms with Crippen molar-refractivity contribution < 1.29 is 39.9 Å². The Balaban J connectivity index is 3.20. The highest BCUT2D eigenvalue weighted by molar-refractivity contribution is 5.32. The smallest absolute Gasteiger partial charge is 0.388 e. The van der Waals surface area contributed by atoms with Gasteiger partial charge in [0.25, 0.3) is 6.43 Å². The van der Waals surface area contributed by atoms with E-state index in [1.807, 2.05) is 0 Å². The van der Waals surface area contributed by atoms with Gasteiger partial charge in [0, 0.05) is 17.8 Å². The van der Waals surface area contributed by atoms with Crippen molar-refractivity contribution in [3.05, 3.63) is 23.4 Å². The van der Waals surface area contributed by atoms with Crippen molar-refractivity contribution in [3.8, 4) is 5.88 Å². The maximum Gasteiger partial charge on any atom is 0.574 e. The Hall–Kier alpha value is -1.61. The van der Waals surface area contributed by atoms with E-state index < -0.39 is 36.0 Å². The van der Waals surface area contributed by atoms with Gasteiger partial charge in [-0.15, -0.1) is 13.2 Å². The van der Waals surface area contributed by atoms with Crippen LogP contribution in [-0.2, 0) is 6.18 Å². The van der Waals surface area contributed by atoms with Gasteiger partial charge in [-0.1, -0.05) is 0 Å². The Kier molecular flexibility index (Phi) is 3.67. The Morgan fingerprint density at radius 1 is 1.06 bits per heavy atom. The van der Waals surface area contributed by atoms with Crippen LogP contribution in [0.15, 0.2) is 12.3 Å². The molecule has 0 bridgehead atoms. The van der Waals surface area contributed by atoms with Crippen LogP contribution in [0.25, 0.3) is 0 Å². The summed E-state index contributed by atoms with van der Waals surface area (Å²) in [6.07, 6.45) is -14.1. The molecule has 0 saturated heterocycles. The minimum atomic E-state index is -5.23. The molecule has 0 unspecified atom stereocenters. The van der Waals surface area contributed by atoms with E-state index in [9.17, 15) is 35.1 Å². The first-order chi connectivity index (χ1) is 8.00. The summed E-state index contributed by atoms with van der Waals surface area (Å²) in [5, 5.41) is 0. The maximum absolute atomic E-state index is 12.3. The molecule has 0 aliphatic carbocycles. The largest absolute Gasteiger partial charge is 0.574 e. The van der Waals surface area contributed by atoms with Crippen LogP contribution in [-0.4, -0.2) is 11.3 Å². The summed E-state index contributed by atoms with van der Waals surface area (Å²) < 4.78 is 99.7. The van der Waals surface area contributed by atoms with E-state index in [2.05, 4.69) is 9.72 Å². The molecule has 0 spiro atoms. The highest BCUT2D eigenvalue weighted by Gasteiger charge is 2.38. The van der Waals surface area contributed by atoms with E-state index in [0.717, 1.165) is 0 Å². The minimum Gasteiger partial charge on any atom is -0.388 e. The van der Waals surface area contributed by atoms with Gasteiger partial charge in [-0.05, 0) is 0 Å². The molecule has 1 aromatic rings. The molecule has 2 nitrogen and oxygen atoms in total. The molecule has 1 aromatic heterocycles. The highest BCUT2D eigenvalue weighted by Crippen LogP contribution is 2.37. The first-order valence-electron chi connectivity index (χ1n) is 4.12. The Labute approximate surface area is 94.2 Å². The van der Waals surface area contributed by atoms with Crippen LogP contribution in [0.2, 0.25) is 0 Å². The number of pyridine rings is 1. The number of rotatable bonds is 2. The quantitative estimate of drug-likeness (QED) is 0.766. The maximum atomic E-state index is 12.3. The van der Waals surface area contributed by atoms with Crippen LogP contribution in [0.3, 0.4) is 0 Å². The molecule has 0 amide bonds. The average Bonchev–Trinajstić information content (AvgIpc) is 2.12. The van der Waals surface area contributed by atoms with E-state index in [4.69, 9.17) is 0 Å². The summed E-state index contributed by atoms with van der Waals surface area (Å²) in [6, 6.07) is -0.0963. The van der Waals surface area contributed by atoms with Gasteiger partial charge in [-0.2, -0.15) is 13.2 Å². The predicted octanol–water partition coefficient (Wildman–Crippen LogP) is 3.94. The second-order valence-electron chi connectivity index (χ2n) is 2.96. The number of halogens is 8. The Bertz CT molecular complexity index is 424. The van der Waals surface area contributed by atoms with Gasteiger partial charge in [0.2, 0.25) is 5.88 Å². The lowest BCUT2D eigenvalue weighted by molar-refractivity contribution is -0.276. The average molecular weight is 281 g/mol. The molecule has 1 heterocycles. The first kappa shape index (κ1) is 14.5. The predicted molar refractivity (Wildman–Crippen MR) is 40.9 cm³/mol. The van der Waals surface area contributed by atoms with Crippen molar-refractivity contribution in [2.24, 2.45) is 0 Å². The molecule has 10 heteroatoms. The van der Waals surface area contributed by atoms with Gasteiger partial charge >= 0.3 is 12.5 Å². The molecule has 18 heavy (non-hydrogen) atoms. The molecular weight excluding hydrogens is 278 g/mol. The molecular formula is C8H3F8NO. The number of ether oxygens (including phenoxy) is 1. The second-order valence-corrected chi connectivity index (χ2v) is 2.96. The number of hydrogen-bond acceptors (Lipinski definition) is 2. The molecule has 0 atom stereocenters. The van der Waals surface area contributed by atoms with Crippen molar-refractivity contribution in [3.63, 3.8) is 0 Å². The van der Waals surface area contributed by atoms with Gasteiger partial charge in [-0.3, -0.25) is 0 Å². The van der Waals surface area contributed by atoms with Gasteiger partial charge in [0.05, 0.1) is 5.56 Å². The lowest BCUT2D eigenvalue weighted by Gasteiger charge is -2.14. The molecule has 0 saturated carbocycles. The number of hydrogen-bond donors (Lipinski definition) is 0. The van der Waals surface area contributed by atoms with Crippen molar-refractivity contribution in [1.29, 1.82) is 0 Å². The SMILES string of the molecule is FC(F)c1cc(OC(F)(F)F)ncc1C(F)(F)F. The third-order valence-electron chi connectivity index (χ3n) is 1.67. The van der Waals surface area contributed by atoms with Crippen LogP contribution in [0, 0.1) is 0 Å². The second kappa shape index (κ2) is 4.58. The van der Waals surface area contributed by atoms with Crippen LogP contribution in [0.1, 0.15) is 17.6 Å². The van der Waals surface area contributed by atoms with E-state index in [1.54, 1.807) is 0 Å². The topological polar surface area (TPSA) is 22.1 Å². The summed E-state index contributed by atoms with van der Waals surface area (Å²) in [5.74, 6) is -1.38. The van der Waals surface area contributed by atoms with E-state index in [-0.39, 0.29) is 12.3 Å². The van der Waals surface area contributed by atoms with Crippen molar-refractivity contribution in [1.82, 2.24) is 4.98 Å². The highest BCUT2D eigenvalue weighted by atomic mass is 19.4. The fourth-order valence-corrected chi connectivity index (χ4v) is 1.04. The van der Waals surface area contributed by atoms with Gasteiger partial charge in [0.15, 0.2) is 0 Å². The molecule has 0 fully saturated rings. The molecule has 0 aliphatic rings. The van der Waals surface area contributed by atoms with Crippen molar-refractivity contribution in [2.75, 3.05) is 0 Å². The summed E-state index contributed by atoms with van der Waals surface area (Å²) in [6.45, 7) is 0. The monoisotopic (exact) mass is 281 g/mol. The fourth-order valence-electron chi connectivity index (χ4n) is 1.04. The summed E-state index contributed by atoms with van der Waals surface area (Å²) >= 11 is 0. The third kappa shape index (κ3) is 3.70. The van der Waals surface area contributed by atoms with Crippen molar-refractivity contribution >= 4 is 0 Å². The van der Waals surface area contributed by atoms with Gasteiger partial charge in [-0.25, -0.2) is 13.8 Å². The standard InChI is InChI=1S/C8H3F8NO/c9-6(10)3-1-5(18-8(14,15)16)17-2-4(3)7(11,12)13/h1-2,6H. The summed E-state index contributed by atoms with van der Waals surface area (Å²) in [4.78, 5) is 2.68. The van der Waals surface area contributed by atoms with Gasteiger partial charge in [0.1, 0.15) is 0 Å². The zero-order valence-electron chi connectivity index (χ0n) is 8.11. The number of alkyl halides is 8. The zero-order chi connectivity index (χ0) is 14.1. The fraction of sp³-hybridized carbons (Fsp3) is 0.375. The Morgan fingerprint density at radius 3 is 2.00 bits per heavy atom. The van der Waals surface area contributed by atoms with Gasteiger partial charge < -0.3 is 4.74 Å². The molecule has 0 aliphatic heterocycles. The van der Waals surface area contributed by atoms with Crippen LogP contribution in [0.5, 0.6) is 5.88 Å². The minimum absolute atomic E-state index is 0.0963. The molecule has 1 rings (SSSR count). The summed E-state index contributed by atoms with van der Waals surface area (Å²) in [7, 11) is 0. The van der Waals surface area contributed by atoms with E-state index >= 15 is 0 Å². The van der Waals surface area contributed by atoms with Crippen molar-refractivity contribution in [2.45, 2.75) is 19.0 Å². The number of nitrogens with zero attached hydrogens (tertiary/aromatic N) is 1. The third-order valence-corrected chi connectivity index (χ3v) is 1.67. The van der Waals surface area contributed by atoms with Crippen LogP contribution >= 0.6 is 0 Å². The van der Waals surface area contributed by atoms with E-state index in [1.165, 1.54) is 0 Å².